The van der Waals surface area contributed by atoms with Crippen LogP contribution in [0.1, 0.15) is 11.1 Å². The van der Waals surface area contributed by atoms with Gasteiger partial charge in [-0.25, -0.2) is 0 Å². The highest BCUT2D eigenvalue weighted by molar-refractivity contribution is 5.03. The second-order valence-electron chi connectivity index (χ2n) is 3.92. The highest BCUT2D eigenvalue weighted by Crippen LogP contribution is 1.90. The fraction of sp³-hybridized carbons (Fsp3) is 0.231. The van der Waals surface area contributed by atoms with Gasteiger partial charge in [-0.2, -0.15) is 0 Å². The molecule has 2 aromatic rings. The van der Waals surface area contributed by atoms with Crippen LogP contribution in [0.4, 0.5) is 0 Å². The first-order valence-corrected chi connectivity index (χ1v) is 5.15. The van der Waals surface area contributed by atoms with Crippen LogP contribution in [-0.4, -0.2) is 0 Å². The summed E-state index contributed by atoms with van der Waals surface area (Å²) < 4.78 is 4.31. The summed E-state index contributed by atoms with van der Waals surface area (Å²) in [6.45, 7) is 5.06. The molecule has 0 aromatic carbocycles. The first kappa shape index (κ1) is 9.84. The summed E-state index contributed by atoms with van der Waals surface area (Å²) in [5, 5.41) is 0. The molecule has 0 atom stereocenters. The summed E-state index contributed by atoms with van der Waals surface area (Å²) in [6, 6.07) is 8.48. The fourth-order valence-corrected chi connectivity index (χ4v) is 1.44. The van der Waals surface area contributed by atoms with Gasteiger partial charge in [-0.1, -0.05) is 0 Å². The zero-order chi connectivity index (χ0) is 10.7. The quantitative estimate of drug-likeness (QED) is 0.647. The lowest BCUT2D eigenvalue weighted by Crippen LogP contribution is -2.50. The van der Waals surface area contributed by atoms with Gasteiger partial charge in [0.25, 0.3) is 0 Å². The second-order valence-corrected chi connectivity index (χ2v) is 3.92. The minimum Gasteiger partial charge on any atom is -0.147 e. The number of hydrogen-bond donors (Lipinski definition) is 0. The molecule has 76 valence electrons. The van der Waals surface area contributed by atoms with Gasteiger partial charge >= 0.3 is 6.67 Å². The van der Waals surface area contributed by atoms with E-state index in [0.717, 1.165) is 6.67 Å². The molecular weight excluding hydrogens is 184 g/mol. The summed E-state index contributed by atoms with van der Waals surface area (Å²) >= 11 is 0. The number of pyridine rings is 2. The van der Waals surface area contributed by atoms with Crippen LogP contribution in [0.25, 0.3) is 0 Å². The maximum Gasteiger partial charge on any atom is 0.343 e. The Kier molecular flexibility index (Phi) is 2.77. The molecular formula is C13H16N2+2. The SMILES string of the molecule is Cc1cc[n+](C[n+]2ccc(C)cc2)cc1. The van der Waals surface area contributed by atoms with Gasteiger partial charge in [-0.05, 0) is 25.0 Å². The van der Waals surface area contributed by atoms with Crippen molar-refractivity contribution in [3.63, 3.8) is 0 Å². The van der Waals surface area contributed by atoms with E-state index >= 15 is 0 Å². The third-order valence-electron chi connectivity index (χ3n) is 2.44. The summed E-state index contributed by atoms with van der Waals surface area (Å²) in [7, 11) is 0. The number of aryl methyl sites for hydroxylation is 2. The smallest absolute Gasteiger partial charge is 0.147 e. The van der Waals surface area contributed by atoms with Gasteiger partial charge in [0.1, 0.15) is 0 Å². The number of aromatic nitrogens is 2. The molecule has 2 rings (SSSR count). The molecule has 0 saturated carbocycles. The van der Waals surface area contributed by atoms with Crippen molar-refractivity contribution in [2.24, 2.45) is 0 Å². The van der Waals surface area contributed by atoms with Crippen molar-refractivity contribution in [1.29, 1.82) is 0 Å². The molecule has 0 bridgehead atoms. The predicted octanol–water partition coefficient (Wildman–Crippen LogP) is 1.38. The summed E-state index contributed by atoms with van der Waals surface area (Å²) in [5.74, 6) is 0. The molecule has 0 fully saturated rings. The van der Waals surface area contributed by atoms with E-state index in [1.807, 2.05) is 0 Å². The van der Waals surface area contributed by atoms with Crippen LogP contribution >= 0.6 is 0 Å². The zero-order valence-electron chi connectivity index (χ0n) is 9.22. The highest BCUT2D eigenvalue weighted by Gasteiger charge is 2.05. The maximum atomic E-state index is 2.16. The van der Waals surface area contributed by atoms with Crippen molar-refractivity contribution < 1.29 is 9.13 Å². The molecule has 0 saturated heterocycles. The van der Waals surface area contributed by atoms with Crippen molar-refractivity contribution in [3.8, 4) is 0 Å². The molecule has 0 spiro atoms. The average molecular weight is 200 g/mol. The number of hydrogen-bond acceptors (Lipinski definition) is 0. The van der Waals surface area contributed by atoms with Crippen LogP contribution in [0.15, 0.2) is 49.1 Å². The molecule has 0 radical (unpaired) electrons. The Morgan fingerprint density at radius 1 is 0.733 bits per heavy atom. The van der Waals surface area contributed by atoms with Gasteiger partial charge in [0.2, 0.25) is 0 Å². The zero-order valence-corrected chi connectivity index (χ0v) is 9.22. The Hall–Kier alpha value is -1.70. The lowest BCUT2D eigenvalue weighted by Gasteiger charge is -1.94. The molecule has 0 aliphatic carbocycles. The van der Waals surface area contributed by atoms with Gasteiger partial charge in [-0.3, -0.25) is 0 Å². The number of rotatable bonds is 2. The summed E-state index contributed by atoms with van der Waals surface area (Å²) in [4.78, 5) is 0. The van der Waals surface area contributed by atoms with E-state index in [1.165, 1.54) is 11.1 Å². The van der Waals surface area contributed by atoms with E-state index < -0.39 is 0 Å². The highest BCUT2D eigenvalue weighted by atomic mass is 15.1. The van der Waals surface area contributed by atoms with E-state index in [-0.39, 0.29) is 0 Å². The minimum atomic E-state index is 0.862. The van der Waals surface area contributed by atoms with Crippen LogP contribution in [0.5, 0.6) is 0 Å². The van der Waals surface area contributed by atoms with Gasteiger partial charge in [0.05, 0.1) is 0 Å². The Bertz CT molecular complexity index is 386. The molecule has 0 amide bonds. The normalized spacial score (nSPS) is 10.3. The van der Waals surface area contributed by atoms with Crippen molar-refractivity contribution in [1.82, 2.24) is 0 Å². The lowest BCUT2D eigenvalue weighted by atomic mass is 10.3. The molecule has 2 heteroatoms. The van der Waals surface area contributed by atoms with Crippen LogP contribution in [-0.2, 0) is 6.67 Å². The van der Waals surface area contributed by atoms with Gasteiger partial charge in [0.15, 0.2) is 24.8 Å². The molecule has 2 nitrogen and oxygen atoms in total. The maximum absolute atomic E-state index is 2.16. The lowest BCUT2D eigenvalue weighted by molar-refractivity contribution is -0.913. The Labute approximate surface area is 90.4 Å². The molecule has 0 aliphatic heterocycles. The Balaban J connectivity index is 2.15. The fourth-order valence-electron chi connectivity index (χ4n) is 1.44. The summed E-state index contributed by atoms with van der Waals surface area (Å²) in [5.41, 5.74) is 2.58. The molecule has 0 N–H and O–H groups in total. The average Bonchev–Trinajstić information content (AvgIpc) is 2.25. The minimum absolute atomic E-state index is 0.862. The predicted molar refractivity (Wildman–Crippen MR) is 58.1 cm³/mol. The largest absolute Gasteiger partial charge is 0.343 e. The van der Waals surface area contributed by atoms with E-state index in [2.05, 4.69) is 72.0 Å². The van der Waals surface area contributed by atoms with Crippen LogP contribution in [0, 0.1) is 13.8 Å². The van der Waals surface area contributed by atoms with Crippen LogP contribution < -0.4 is 9.13 Å². The summed E-state index contributed by atoms with van der Waals surface area (Å²) in [6.07, 6.45) is 8.40. The van der Waals surface area contributed by atoms with E-state index in [9.17, 15) is 0 Å². The van der Waals surface area contributed by atoms with Gasteiger partial charge < -0.3 is 0 Å². The van der Waals surface area contributed by atoms with Gasteiger partial charge in [0, 0.05) is 24.3 Å². The standard InChI is InChI=1S/C13H16N2/c1-12-3-7-14(8-4-12)11-15-9-5-13(2)6-10-15/h3-10H,11H2,1-2H3/q+2. The van der Waals surface area contributed by atoms with Crippen molar-refractivity contribution >= 4 is 0 Å². The second kappa shape index (κ2) is 4.22. The first-order chi connectivity index (χ1) is 7.24. The van der Waals surface area contributed by atoms with Crippen LogP contribution in [0.3, 0.4) is 0 Å². The van der Waals surface area contributed by atoms with E-state index in [4.69, 9.17) is 0 Å². The molecule has 2 aromatic heterocycles. The van der Waals surface area contributed by atoms with Crippen LogP contribution in [0.2, 0.25) is 0 Å². The van der Waals surface area contributed by atoms with E-state index in [1.54, 1.807) is 0 Å². The Morgan fingerprint density at radius 3 is 1.40 bits per heavy atom. The Morgan fingerprint density at radius 2 is 1.07 bits per heavy atom. The molecule has 15 heavy (non-hydrogen) atoms. The third-order valence-corrected chi connectivity index (χ3v) is 2.44. The first-order valence-electron chi connectivity index (χ1n) is 5.15. The third kappa shape index (κ3) is 2.62. The molecule has 2 heterocycles. The van der Waals surface area contributed by atoms with Crippen molar-refractivity contribution in [2.45, 2.75) is 20.5 Å². The topological polar surface area (TPSA) is 7.76 Å². The monoisotopic (exact) mass is 200 g/mol. The van der Waals surface area contributed by atoms with E-state index in [0.29, 0.717) is 0 Å². The van der Waals surface area contributed by atoms with Gasteiger partial charge in [-0.15, -0.1) is 9.13 Å². The van der Waals surface area contributed by atoms with Crippen molar-refractivity contribution in [2.75, 3.05) is 0 Å². The molecule has 0 aliphatic rings. The molecule has 0 unspecified atom stereocenters. The van der Waals surface area contributed by atoms with Crippen molar-refractivity contribution in [3.05, 3.63) is 60.2 Å². The number of nitrogens with zero attached hydrogens (tertiary/aromatic N) is 2.